The Kier molecular flexibility index (Phi) is 5.84. The largest absolute Gasteiger partial charge is 0.303 e. The lowest BCUT2D eigenvalue weighted by Gasteiger charge is -2.43. The van der Waals surface area contributed by atoms with Gasteiger partial charge >= 0.3 is 0 Å². The van der Waals surface area contributed by atoms with Crippen molar-refractivity contribution in [2.45, 2.75) is 57.2 Å². The summed E-state index contributed by atoms with van der Waals surface area (Å²) >= 11 is 0. The van der Waals surface area contributed by atoms with Crippen LogP contribution in [0.3, 0.4) is 0 Å². The van der Waals surface area contributed by atoms with Crippen molar-refractivity contribution in [2.24, 2.45) is 5.92 Å². The zero-order valence-electron chi connectivity index (χ0n) is 14.4. The summed E-state index contributed by atoms with van der Waals surface area (Å²) in [6.45, 7) is 13.8. The van der Waals surface area contributed by atoms with Gasteiger partial charge < -0.3 is 4.90 Å². The van der Waals surface area contributed by atoms with Crippen LogP contribution in [0.15, 0.2) is 0 Å². The lowest BCUT2D eigenvalue weighted by Crippen LogP contribution is -2.48. The molecule has 2 aliphatic rings. The lowest BCUT2D eigenvalue weighted by atomic mass is 9.92. The van der Waals surface area contributed by atoms with Crippen molar-refractivity contribution in [2.75, 3.05) is 45.2 Å². The summed E-state index contributed by atoms with van der Waals surface area (Å²) in [5, 5.41) is 1.05. The standard InChI is InChI=1S/C17H36N2S/c1-17(2,3)19-12-6-15(7-13-19)14-18-10-8-16(9-11-18)20(4)5/h15-16,20H,6-14H2,1-5H3. The first-order chi connectivity index (χ1) is 9.36. The van der Waals surface area contributed by atoms with Gasteiger partial charge in [0.15, 0.2) is 0 Å². The van der Waals surface area contributed by atoms with Crippen LogP contribution in [-0.2, 0) is 0 Å². The average Bonchev–Trinajstić information content (AvgIpc) is 2.39. The van der Waals surface area contributed by atoms with Crippen molar-refractivity contribution >= 4 is 10.9 Å². The SMILES string of the molecule is C[SH](C)C1CCN(CC2CCN(C(C)(C)C)CC2)CC1. The molecular formula is C17H36N2S. The van der Waals surface area contributed by atoms with Gasteiger partial charge in [-0.15, -0.1) is 0 Å². The molecule has 20 heavy (non-hydrogen) atoms. The highest BCUT2D eigenvalue weighted by Gasteiger charge is 2.28. The minimum atomic E-state index is 0.290. The summed E-state index contributed by atoms with van der Waals surface area (Å²) in [7, 11) is 0.290. The Balaban J connectivity index is 1.69. The lowest BCUT2D eigenvalue weighted by molar-refractivity contribution is 0.0716. The minimum Gasteiger partial charge on any atom is -0.303 e. The maximum Gasteiger partial charge on any atom is 0.0125 e. The van der Waals surface area contributed by atoms with Gasteiger partial charge in [0.2, 0.25) is 0 Å². The van der Waals surface area contributed by atoms with E-state index in [1.165, 1.54) is 58.4 Å². The minimum absolute atomic E-state index is 0.290. The second-order valence-electron chi connectivity index (χ2n) is 8.10. The van der Waals surface area contributed by atoms with Gasteiger partial charge in [-0.25, -0.2) is 0 Å². The van der Waals surface area contributed by atoms with Gasteiger partial charge in [0.05, 0.1) is 0 Å². The van der Waals surface area contributed by atoms with Crippen LogP contribution >= 0.6 is 10.9 Å². The molecule has 0 bridgehead atoms. The summed E-state index contributed by atoms with van der Waals surface area (Å²) in [5.41, 5.74) is 0.364. The molecule has 0 aromatic heterocycles. The highest BCUT2D eigenvalue weighted by Crippen LogP contribution is 2.32. The number of nitrogens with zero attached hydrogens (tertiary/aromatic N) is 2. The first kappa shape index (κ1) is 16.6. The molecule has 120 valence electrons. The third kappa shape index (κ3) is 4.64. The molecule has 2 aliphatic heterocycles. The van der Waals surface area contributed by atoms with Crippen molar-refractivity contribution in [3.8, 4) is 0 Å². The van der Waals surface area contributed by atoms with Crippen LogP contribution in [-0.4, -0.2) is 65.8 Å². The molecule has 0 spiro atoms. The smallest absolute Gasteiger partial charge is 0.0125 e. The first-order valence-electron chi connectivity index (χ1n) is 8.50. The molecule has 2 rings (SSSR count). The summed E-state index contributed by atoms with van der Waals surface area (Å²) < 4.78 is 0. The summed E-state index contributed by atoms with van der Waals surface area (Å²) in [6, 6.07) is 0. The van der Waals surface area contributed by atoms with Crippen LogP contribution in [0.1, 0.15) is 46.5 Å². The Bertz CT molecular complexity index is 282. The first-order valence-corrected chi connectivity index (χ1v) is 10.8. The van der Waals surface area contributed by atoms with E-state index < -0.39 is 0 Å². The molecule has 0 unspecified atom stereocenters. The molecule has 3 heteroatoms. The van der Waals surface area contributed by atoms with Crippen molar-refractivity contribution < 1.29 is 0 Å². The number of hydrogen-bond donors (Lipinski definition) is 1. The molecule has 0 amide bonds. The predicted octanol–water partition coefficient (Wildman–Crippen LogP) is 3.22. The fraction of sp³-hybridized carbons (Fsp3) is 1.00. The maximum absolute atomic E-state index is 2.76. The zero-order chi connectivity index (χ0) is 14.8. The Morgan fingerprint density at radius 2 is 1.45 bits per heavy atom. The van der Waals surface area contributed by atoms with E-state index in [9.17, 15) is 0 Å². The number of hydrogen-bond acceptors (Lipinski definition) is 2. The average molecular weight is 301 g/mol. The van der Waals surface area contributed by atoms with Crippen LogP contribution in [0.4, 0.5) is 0 Å². The van der Waals surface area contributed by atoms with Crippen molar-refractivity contribution in [3.05, 3.63) is 0 Å². The fourth-order valence-electron chi connectivity index (χ4n) is 3.77. The van der Waals surface area contributed by atoms with E-state index in [4.69, 9.17) is 0 Å². The number of piperidine rings is 2. The van der Waals surface area contributed by atoms with Crippen LogP contribution in [0, 0.1) is 5.92 Å². The van der Waals surface area contributed by atoms with Gasteiger partial charge in [-0.1, -0.05) is 0 Å². The zero-order valence-corrected chi connectivity index (χ0v) is 15.3. The van der Waals surface area contributed by atoms with Gasteiger partial charge in [-0.3, -0.25) is 15.8 Å². The Labute approximate surface area is 129 Å². The maximum atomic E-state index is 2.76. The van der Waals surface area contributed by atoms with E-state index in [1.807, 2.05) is 0 Å². The van der Waals surface area contributed by atoms with Gasteiger partial charge in [-0.05, 0) is 96.3 Å². The van der Waals surface area contributed by atoms with Crippen LogP contribution < -0.4 is 0 Å². The van der Waals surface area contributed by atoms with Gasteiger partial charge in [0.1, 0.15) is 0 Å². The summed E-state index contributed by atoms with van der Waals surface area (Å²) in [6.07, 6.45) is 10.6. The topological polar surface area (TPSA) is 6.48 Å². The van der Waals surface area contributed by atoms with E-state index in [0.717, 1.165) is 11.2 Å². The number of rotatable bonds is 3. The van der Waals surface area contributed by atoms with E-state index in [1.54, 1.807) is 0 Å². The van der Waals surface area contributed by atoms with E-state index in [2.05, 4.69) is 43.1 Å². The quantitative estimate of drug-likeness (QED) is 0.800. The van der Waals surface area contributed by atoms with Crippen molar-refractivity contribution in [1.82, 2.24) is 9.80 Å². The van der Waals surface area contributed by atoms with Gasteiger partial charge in [0.25, 0.3) is 0 Å². The highest BCUT2D eigenvalue weighted by atomic mass is 32.2. The molecule has 2 saturated heterocycles. The third-order valence-electron chi connectivity index (χ3n) is 5.37. The number of thiol groups is 1. The molecule has 2 heterocycles. The normalized spacial score (nSPS) is 25.9. The molecule has 0 radical (unpaired) electrons. The third-order valence-corrected chi connectivity index (χ3v) is 7.34. The second-order valence-corrected chi connectivity index (χ2v) is 10.8. The molecule has 0 aromatic rings. The monoisotopic (exact) mass is 300 g/mol. The van der Waals surface area contributed by atoms with Gasteiger partial charge in [-0.2, -0.15) is 0 Å². The fourth-order valence-corrected chi connectivity index (χ4v) is 5.03. The molecule has 0 aromatic carbocycles. The van der Waals surface area contributed by atoms with Crippen LogP contribution in [0.25, 0.3) is 0 Å². The molecule has 0 atom stereocenters. The Hall–Kier alpha value is 0.270. The van der Waals surface area contributed by atoms with E-state index in [0.29, 0.717) is 16.4 Å². The summed E-state index contributed by atoms with van der Waals surface area (Å²) in [5.74, 6) is 0.954. The van der Waals surface area contributed by atoms with E-state index >= 15 is 0 Å². The number of likely N-dealkylation sites (tertiary alicyclic amines) is 2. The Morgan fingerprint density at radius 1 is 0.900 bits per heavy atom. The second kappa shape index (κ2) is 7.02. The van der Waals surface area contributed by atoms with Crippen LogP contribution in [0.2, 0.25) is 0 Å². The summed E-state index contributed by atoms with van der Waals surface area (Å²) in [4.78, 5) is 5.42. The highest BCUT2D eigenvalue weighted by molar-refractivity contribution is 8.16. The van der Waals surface area contributed by atoms with Crippen molar-refractivity contribution in [3.63, 3.8) is 0 Å². The molecule has 2 fully saturated rings. The predicted molar refractivity (Wildman–Crippen MR) is 94.3 cm³/mol. The molecule has 0 N–H and O–H groups in total. The van der Waals surface area contributed by atoms with E-state index in [-0.39, 0.29) is 0 Å². The molecule has 2 nitrogen and oxygen atoms in total. The Morgan fingerprint density at radius 3 is 1.90 bits per heavy atom. The van der Waals surface area contributed by atoms with Crippen LogP contribution in [0.5, 0.6) is 0 Å². The van der Waals surface area contributed by atoms with Crippen molar-refractivity contribution in [1.29, 1.82) is 0 Å². The molecule has 0 aliphatic carbocycles. The molecule has 0 saturated carbocycles. The molecular weight excluding hydrogens is 264 g/mol. The van der Waals surface area contributed by atoms with Gasteiger partial charge in [0, 0.05) is 12.1 Å².